The summed E-state index contributed by atoms with van der Waals surface area (Å²) < 4.78 is 27.3. The van der Waals surface area contributed by atoms with Gasteiger partial charge in [-0.2, -0.15) is 18.6 Å². The summed E-state index contributed by atoms with van der Waals surface area (Å²) in [6.07, 6.45) is 4.60. The molecule has 0 unspecified atom stereocenters. The van der Waals surface area contributed by atoms with Gasteiger partial charge in [-0.05, 0) is 42.8 Å². The maximum Gasteiger partial charge on any atom is 0.306 e. The predicted molar refractivity (Wildman–Crippen MR) is 102 cm³/mol. The van der Waals surface area contributed by atoms with Crippen LogP contribution in [0, 0.1) is 0 Å². The van der Waals surface area contributed by atoms with E-state index in [0.29, 0.717) is 10.7 Å². The Hall–Kier alpha value is -2.18. The van der Waals surface area contributed by atoms with E-state index in [2.05, 4.69) is 17.1 Å². The van der Waals surface area contributed by atoms with Crippen molar-refractivity contribution >= 4 is 33.6 Å². The summed E-state index contributed by atoms with van der Waals surface area (Å²) in [7, 11) is -3.56. The SMILES string of the molecule is CCCC=NN=C(c1ccc(Cl)cc1)c1ccc(OS(C)(=O)=O)cc1. The zero-order chi connectivity index (χ0) is 18.3. The van der Waals surface area contributed by atoms with Gasteiger partial charge in [0, 0.05) is 22.4 Å². The van der Waals surface area contributed by atoms with Crippen LogP contribution in [-0.2, 0) is 10.1 Å². The third kappa shape index (κ3) is 6.32. The average molecular weight is 379 g/mol. The first-order valence-electron chi connectivity index (χ1n) is 7.74. The topological polar surface area (TPSA) is 68.1 Å². The summed E-state index contributed by atoms with van der Waals surface area (Å²) in [6.45, 7) is 2.07. The maximum absolute atomic E-state index is 11.2. The maximum atomic E-state index is 11.2. The van der Waals surface area contributed by atoms with E-state index < -0.39 is 10.1 Å². The molecule has 0 atom stereocenters. The van der Waals surface area contributed by atoms with Gasteiger partial charge >= 0.3 is 10.1 Å². The lowest BCUT2D eigenvalue weighted by Crippen LogP contribution is -2.07. The zero-order valence-electron chi connectivity index (χ0n) is 14.0. The first-order chi connectivity index (χ1) is 11.9. The quantitative estimate of drug-likeness (QED) is 0.409. The van der Waals surface area contributed by atoms with Gasteiger partial charge in [0.15, 0.2) is 0 Å². The van der Waals surface area contributed by atoms with Crippen molar-refractivity contribution in [2.45, 2.75) is 19.8 Å². The largest absolute Gasteiger partial charge is 0.383 e. The highest BCUT2D eigenvalue weighted by atomic mass is 35.5. The molecule has 0 spiro atoms. The number of nitrogens with zero attached hydrogens (tertiary/aromatic N) is 2. The van der Waals surface area contributed by atoms with Crippen molar-refractivity contribution in [1.82, 2.24) is 0 Å². The number of halogens is 1. The first-order valence-corrected chi connectivity index (χ1v) is 9.94. The number of benzene rings is 2. The van der Waals surface area contributed by atoms with E-state index >= 15 is 0 Å². The second-order valence-corrected chi connectivity index (χ2v) is 7.37. The molecule has 2 aromatic rings. The van der Waals surface area contributed by atoms with Crippen molar-refractivity contribution in [3.63, 3.8) is 0 Å². The molecule has 2 aromatic carbocycles. The molecule has 2 rings (SSSR count). The van der Waals surface area contributed by atoms with Crippen molar-refractivity contribution in [2.75, 3.05) is 6.26 Å². The fourth-order valence-electron chi connectivity index (χ4n) is 2.02. The van der Waals surface area contributed by atoms with Crippen LogP contribution in [0.5, 0.6) is 5.75 Å². The molecular formula is C18H19ClN2O3S. The number of unbranched alkanes of at least 4 members (excludes halogenated alkanes) is 1. The van der Waals surface area contributed by atoms with Crippen molar-refractivity contribution < 1.29 is 12.6 Å². The van der Waals surface area contributed by atoms with Crippen LogP contribution in [0.2, 0.25) is 5.02 Å². The minimum Gasteiger partial charge on any atom is -0.383 e. The highest BCUT2D eigenvalue weighted by Gasteiger charge is 2.09. The van der Waals surface area contributed by atoms with Crippen LogP contribution in [0.25, 0.3) is 0 Å². The second-order valence-electron chi connectivity index (χ2n) is 5.35. The molecule has 0 saturated carbocycles. The van der Waals surface area contributed by atoms with Gasteiger partial charge in [-0.25, -0.2) is 0 Å². The van der Waals surface area contributed by atoms with Gasteiger partial charge in [-0.3, -0.25) is 0 Å². The summed E-state index contributed by atoms with van der Waals surface area (Å²) in [5, 5.41) is 9.07. The average Bonchev–Trinajstić information content (AvgIpc) is 2.56. The first kappa shape index (κ1) is 19.1. The van der Waals surface area contributed by atoms with Crippen LogP contribution < -0.4 is 4.18 Å². The Balaban J connectivity index is 2.36. The van der Waals surface area contributed by atoms with Crippen LogP contribution in [0.1, 0.15) is 30.9 Å². The van der Waals surface area contributed by atoms with Crippen LogP contribution in [-0.4, -0.2) is 26.6 Å². The third-order valence-corrected chi connectivity index (χ3v) is 3.90. The molecule has 0 N–H and O–H groups in total. The van der Waals surface area contributed by atoms with Gasteiger partial charge in [0.25, 0.3) is 0 Å². The molecule has 5 nitrogen and oxygen atoms in total. The lowest BCUT2D eigenvalue weighted by molar-refractivity contribution is 0.493. The van der Waals surface area contributed by atoms with E-state index in [0.717, 1.165) is 30.2 Å². The van der Waals surface area contributed by atoms with E-state index in [1.807, 2.05) is 12.1 Å². The molecule has 0 aliphatic carbocycles. The molecule has 0 heterocycles. The normalized spacial score (nSPS) is 12.5. The summed E-state index contributed by atoms with van der Waals surface area (Å²) in [5.74, 6) is 0.246. The lowest BCUT2D eigenvalue weighted by Gasteiger charge is -2.08. The van der Waals surface area contributed by atoms with Crippen molar-refractivity contribution in [3.8, 4) is 5.75 Å². The number of hydrogen-bond donors (Lipinski definition) is 0. The summed E-state index contributed by atoms with van der Waals surface area (Å²) in [6, 6.07) is 13.9. The monoisotopic (exact) mass is 378 g/mol. The zero-order valence-corrected chi connectivity index (χ0v) is 15.6. The predicted octanol–water partition coefficient (Wildman–Crippen LogP) is 4.30. The van der Waals surface area contributed by atoms with Crippen LogP contribution in [0.4, 0.5) is 0 Å². The minimum atomic E-state index is -3.56. The second kappa shape index (κ2) is 8.78. The Morgan fingerprint density at radius 3 is 2.16 bits per heavy atom. The van der Waals surface area contributed by atoms with Gasteiger partial charge in [0.2, 0.25) is 0 Å². The number of hydrogen-bond acceptors (Lipinski definition) is 5. The van der Waals surface area contributed by atoms with Crippen LogP contribution in [0.15, 0.2) is 58.7 Å². The molecule has 25 heavy (non-hydrogen) atoms. The third-order valence-electron chi connectivity index (χ3n) is 3.15. The van der Waals surface area contributed by atoms with E-state index in [1.54, 1.807) is 42.6 Å². The van der Waals surface area contributed by atoms with Crippen molar-refractivity contribution in [3.05, 3.63) is 64.7 Å². The van der Waals surface area contributed by atoms with Crippen LogP contribution >= 0.6 is 11.6 Å². The summed E-state index contributed by atoms with van der Waals surface area (Å²) in [5.41, 5.74) is 2.31. The van der Waals surface area contributed by atoms with E-state index in [1.165, 1.54) is 0 Å². The van der Waals surface area contributed by atoms with E-state index in [-0.39, 0.29) is 5.75 Å². The molecule has 0 aliphatic rings. The summed E-state index contributed by atoms with van der Waals surface area (Å²) in [4.78, 5) is 0. The highest BCUT2D eigenvalue weighted by molar-refractivity contribution is 7.86. The van der Waals surface area contributed by atoms with Crippen molar-refractivity contribution in [2.24, 2.45) is 10.2 Å². The number of rotatable bonds is 7. The van der Waals surface area contributed by atoms with Gasteiger partial charge in [0.1, 0.15) is 11.5 Å². The van der Waals surface area contributed by atoms with Gasteiger partial charge in [0.05, 0.1) is 6.26 Å². The Morgan fingerprint density at radius 1 is 1.08 bits per heavy atom. The Morgan fingerprint density at radius 2 is 1.64 bits per heavy atom. The minimum absolute atomic E-state index is 0.246. The molecule has 0 aromatic heterocycles. The smallest absolute Gasteiger partial charge is 0.306 e. The lowest BCUT2D eigenvalue weighted by atomic mass is 10.0. The molecule has 0 radical (unpaired) electrons. The Labute approximate surface area is 153 Å². The molecule has 0 fully saturated rings. The molecular weight excluding hydrogens is 360 g/mol. The molecule has 0 amide bonds. The van der Waals surface area contributed by atoms with E-state index in [4.69, 9.17) is 15.8 Å². The summed E-state index contributed by atoms with van der Waals surface area (Å²) >= 11 is 5.95. The van der Waals surface area contributed by atoms with Gasteiger partial charge < -0.3 is 4.18 Å². The molecule has 0 bridgehead atoms. The van der Waals surface area contributed by atoms with Gasteiger partial charge in [-0.1, -0.05) is 37.1 Å². The molecule has 7 heteroatoms. The van der Waals surface area contributed by atoms with E-state index in [9.17, 15) is 8.42 Å². The fraction of sp³-hybridized carbons (Fsp3) is 0.222. The Bertz CT molecular complexity index is 858. The molecule has 0 saturated heterocycles. The fourth-order valence-corrected chi connectivity index (χ4v) is 2.61. The highest BCUT2D eigenvalue weighted by Crippen LogP contribution is 2.19. The van der Waals surface area contributed by atoms with Crippen molar-refractivity contribution in [1.29, 1.82) is 0 Å². The van der Waals surface area contributed by atoms with Gasteiger partial charge in [-0.15, -0.1) is 0 Å². The molecule has 0 aliphatic heterocycles. The molecule has 132 valence electrons. The standard InChI is InChI=1S/C18H19ClN2O3S/c1-3-4-13-20-21-18(14-5-9-16(19)10-6-14)15-7-11-17(12-8-15)24-25(2,22)23/h5-13H,3-4H2,1-2H3. The van der Waals surface area contributed by atoms with Crippen LogP contribution in [0.3, 0.4) is 0 Å². The Kier molecular flexibility index (Phi) is 6.73.